The van der Waals surface area contributed by atoms with Gasteiger partial charge in [0.25, 0.3) is 0 Å². The molecule has 4 heteroatoms. The van der Waals surface area contributed by atoms with Crippen molar-refractivity contribution in [3.8, 4) is 0 Å². The van der Waals surface area contributed by atoms with Gasteiger partial charge in [-0.2, -0.15) is 0 Å². The van der Waals surface area contributed by atoms with Crippen LogP contribution in [0.15, 0.2) is 90.1 Å². The van der Waals surface area contributed by atoms with Gasteiger partial charge in [0.1, 0.15) is 5.41 Å². The van der Waals surface area contributed by atoms with Crippen molar-refractivity contribution in [1.29, 1.82) is 0 Å². The van der Waals surface area contributed by atoms with E-state index in [0.717, 1.165) is 16.7 Å². The number of hydrogen-bond acceptors (Lipinski definition) is 2. The smallest absolute Gasteiger partial charge is 0.158 e. The highest BCUT2D eigenvalue weighted by Crippen LogP contribution is 2.42. The lowest BCUT2D eigenvalue weighted by Crippen LogP contribution is -2.43. The van der Waals surface area contributed by atoms with Crippen LogP contribution in [0.25, 0.3) is 0 Å². The Morgan fingerprint density at radius 2 is 1.25 bits per heavy atom. The van der Waals surface area contributed by atoms with E-state index in [-0.39, 0.29) is 5.84 Å². The number of benzene rings is 3. The minimum absolute atomic E-state index is 0.0630. The highest BCUT2D eigenvalue weighted by Gasteiger charge is 2.42. The van der Waals surface area contributed by atoms with Crippen LogP contribution in [0.3, 0.4) is 0 Å². The molecule has 120 valence electrons. The fraction of sp³-hybridized carbons (Fsp3) is 0.0500. The van der Waals surface area contributed by atoms with Crippen LogP contribution >= 0.6 is 11.6 Å². The van der Waals surface area contributed by atoms with Gasteiger partial charge in [-0.15, -0.1) is 0 Å². The van der Waals surface area contributed by atoms with Gasteiger partial charge in [0, 0.05) is 5.02 Å². The molecule has 0 aliphatic rings. The standard InChI is InChI=1S/C20H17ClN2O/c21-18-14-8-7-13-17(18)20(19(22)23-24,15-9-3-1-4-10-15)16-11-5-2-6-12-16/h1-14,24H,(H2,22,23). The molecule has 0 unspecified atom stereocenters. The predicted octanol–water partition coefficient (Wildman–Crippen LogP) is 4.42. The Balaban J connectivity index is 2.45. The number of nitrogens with two attached hydrogens (primary N) is 1. The highest BCUT2D eigenvalue weighted by molar-refractivity contribution is 6.32. The molecule has 0 aromatic heterocycles. The molecule has 0 spiro atoms. The van der Waals surface area contributed by atoms with Gasteiger partial charge in [-0.3, -0.25) is 0 Å². The van der Waals surface area contributed by atoms with Crippen molar-refractivity contribution in [2.24, 2.45) is 10.9 Å². The first kappa shape index (κ1) is 16.1. The Bertz CT molecular complexity index is 808. The number of halogens is 1. The first-order chi connectivity index (χ1) is 11.7. The third-order valence-electron chi connectivity index (χ3n) is 4.18. The van der Waals surface area contributed by atoms with Gasteiger partial charge in [-0.05, 0) is 22.8 Å². The van der Waals surface area contributed by atoms with Crippen molar-refractivity contribution in [1.82, 2.24) is 0 Å². The van der Waals surface area contributed by atoms with Crippen molar-refractivity contribution in [2.75, 3.05) is 0 Å². The molecular formula is C20H17ClN2O. The quantitative estimate of drug-likeness (QED) is 0.243. The second-order valence-corrected chi connectivity index (χ2v) is 5.85. The monoisotopic (exact) mass is 336 g/mol. The third-order valence-corrected chi connectivity index (χ3v) is 4.51. The van der Waals surface area contributed by atoms with Crippen LogP contribution in [-0.2, 0) is 5.41 Å². The molecule has 3 aromatic rings. The Labute approximate surface area is 146 Å². The number of amidine groups is 1. The lowest BCUT2D eigenvalue weighted by atomic mass is 9.68. The second kappa shape index (κ2) is 6.77. The fourth-order valence-corrected chi connectivity index (χ4v) is 3.41. The molecule has 3 aromatic carbocycles. The van der Waals surface area contributed by atoms with E-state index in [1.54, 1.807) is 0 Å². The van der Waals surface area contributed by atoms with Crippen LogP contribution in [0.4, 0.5) is 0 Å². The molecule has 0 amide bonds. The average Bonchev–Trinajstić information content (AvgIpc) is 2.65. The SMILES string of the molecule is NC(=NO)C(c1ccccc1)(c1ccccc1)c1ccccc1Cl. The number of nitrogens with zero attached hydrogens (tertiary/aromatic N) is 1. The van der Waals surface area contributed by atoms with Crippen LogP contribution < -0.4 is 5.73 Å². The second-order valence-electron chi connectivity index (χ2n) is 5.45. The third kappa shape index (κ3) is 2.53. The van der Waals surface area contributed by atoms with E-state index in [0.29, 0.717) is 5.02 Å². The summed E-state index contributed by atoms with van der Waals surface area (Å²) in [6.07, 6.45) is 0. The largest absolute Gasteiger partial charge is 0.409 e. The summed E-state index contributed by atoms with van der Waals surface area (Å²) >= 11 is 6.52. The van der Waals surface area contributed by atoms with E-state index in [2.05, 4.69) is 5.16 Å². The van der Waals surface area contributed by atoms with Gasteiger partial charge >= 0.3 is 0 Å². The molecule has 3 nitrogen and oxygen atoms in total. The maximum absolute atomic E-state index is 9.57. The molecule has 0 radical (unpaired) electrons. The molecule has 0 bridgehead atoms. The summed E-state index contributed by atoms with van der Waals surface area (Å²) in [5.74, 6) is 0.0630. The summed E-state index contributed by atoms with van der Waals surface area (Å²) in [5.41, 5.74) is 7.79. The normalized spacial score (nSPS) is 12.1. The summed E-state index contributed by atoms with van der Waals surface area (Å²) in [5, 5.41) is 13.5. The van der Waals surface area contributed by atoms with E-state index >= 15 is 0 Å². The van der Waals surface area contributed by atoms with Crippen molar-refractivity contribution in [3.63, 3.8) is 0 Å². The van der Waals surface area contributed by atoms with Crippen LogP contribution in [0.5, 0.6) is 0 Å². The van der Waals surface area contributed by atoms with Crippen LogP contribution in [0.2, 0.25) is 5.02 Å². The summed E-state index contributed by atoms with van der Waals surface area (Å²) in [6, 6.07) is 26.8. The van der Waals surface area contributed by atoms with Crippen LogP contribution in [0.1, 0.15) is 16.7 Å². The lowest BCUT2D eigenvalue weighted by Gasteiger charge is -2.35. The minimum Gasteiger partial charge on any atom is -0.409 e. The maximum atomic E-state index is 9.57. The zero-order valence-corrected chi connectivity index (χ0v) is 13.7. The summed E-state index contributed by atoms with van der Waals surface area (Å²) in [6.45, 7) is 0. The van der Waals surface area contributed by atoms with E-state index < -0.39 is 5.41 Å². The van der Waals surface area contributed by atoms with Crippen molar-refractivity contribution in [2.45, 2.75) is 5.41 Å². The van der Waals surface area contributed by atoms with E-state index in [4.69, 9.17) is 17.3 Å². The molecule has 0 atom stereocenters. The van der Waals surface area contributed by atoms with Gasteiger partial charge in [-0.1, -0.05) is 95.6 Å². The first-order valence-corrected chi connectivity index (χ1v) is 7.93. The molecule has 3 rings (SSSR count). The molecule has 0 fully saturated rings. The van der Waals surface area contributed by atoms with Gasteiger partial charge in [-0.25, -0.2) is 0 Å². The number of oxime groups is 1. The number of hydrogen-bond donors (Lipinski definition) is 2. The maximum Gasteiger partial charge on any atom is 0.158 e. The molecular weight excluding hydrogens is 320 g/mol. The molecule has 0 heterocycles. The average molecular weight is 337 g/mol. The summed E-state index contributed by atoms with van der Waals surface area (Å²) in [7, 11) is 0. The first-order valence-electron chi connectivity index (χ1n) is 7.55. The highest BCUT2D eigenvalue weighted by atomic mass is 35.5. The van der Waals surface area contributed by atoms with Gasteiger partial charge in [0.15, 0.2) is 5.84 Å². The molecule has 0 saturated heterocycles. The number of rotatable bonds is 4. The van der Waals surface area contributed by atoms with E-state index in [1.807, 2.05) is 84.9 Å². The van der Waals surface area contributed by atoms with Gasteiger partial charge < -0.3 is 10.9 Å². The van der Waals surface area contributed by atoms with Crippen molar-refractivity contribution < 1.29 is 5.21 Å². The Morgan fingerprint density at radius 3 is 1.71 bits per heavy atom. The molecule has 24 heavy (non-hydrogen) atoms. The van der Waals surface area contributed by atoms with E-state index in [1.165, 1.54) is 0 Å². The molecule has 0 aliphatic heterocycles. The molecule has 0 saturated carbocycles. The molecule has 0 aliphatic carbocycles. The van der Waals surface area contributed by atoms with Gasteiger partial charge in [0.2, 0.25) is 0 Å². The fourth-order valence-electron chi connectivity index (χ4n) is 3.13. The Kier molecular flexibility index (Phi) is 4.54. The summed E-state index contributed by atoms with van der Waals surface area (Å²) in [4.78, 5) is 0. The van der Waals surface area contributed by atoms with E-state index in [9.17, 15) is 5.21 Å². The zero-order valence-electron chi connectivity index (χ0n) is 12.9. The minimum atomic E-state index is -0.977. The van der Waals surface area contributed by atoms with Crippen LogP contribution in [0, 0.1) is 0 Å². The molecule has 3 N–H and O–H groups in total. The van der Waals surface area contributed by atoms with Crippen molar-refractivity contribution in [3.05, 3.63) is 107 Å². The summed E-state index contributed by atoms with van der Waals surface area (Å²) < 4.78 is 0. The predicted molar refractivity (Wildman–Crippen MR) is 97.6 cm³/mol. The Morgan fingerprint density at radius 1 is 0.792 bits per heavy atom. The Hall–Kier alpha value is -2.78. The zero-order chi connectivity index (χ0) is 17.0. The van der Waals surface area contributed by atoms with Crippen molar-refractivity contribution >= 4 is 17.4 Å². The van der Waals surface area contributed by atoms with Gasteiger partial charge in [0.05, 0.1) is 0 Å². The van der Waals surface area contributed by atoms with Crippen LogP contribution in [-0.4, -0.2) is 11.0 Å². The lowest BCUT2D eigenvalue weighted by molar-refractivity contribution is 0.314. The topological polar surface area (TPSA) is 58.6 Å².